The summed E-state index contributed by atoms with van der Waals surface area (Å²) in [7, 11) is 1.52. The van der Waals surface area contributed by atoms with Crippen molar-refractivity contribution >= 4 is 23.6 Å². The highest BCUT2D eigenvalue weighted by atomic mass is 16.5. The molecule has 0 spiro atoms. The van der Waals surface area contributed by atoms with Gasteiger partial charge >= 0.3 is 0 Å². The van der Waals surface area contributed by atoms with Crippen molar-refractivity contribution in [3.05, 3.63) is 23.8 Å². The maximum atomic E-state index is 12.5. The molecule has 0 saturated heterocycles. The number of carbonyl (C=O) groups is 4. The van der Waals surface area contributed by atoms with E-state index in [9.17, 15) is 19.2 Å². The van der Waals surface area contributed by atoms with Crippen molar-refractivity contribution in [1.29, 1.82) is 0 Å². The molecular formula is C20H28N4O6. The molecule has 1 atom stereocenters. The van der Waals surface area contributed by atoms with E-state index in [4.69, 9.17) is 9.47 Å². The number of methoxy groups -OCH3 is 1. The Morgan fingerprint density at radius 2 is 2.00 bits per heavy atom. The first-order valence-corrected chi connectivity index (χ1v) is 9.81. The molecule has 1 aliphatic heterocycles. The molecule has 10 nitrogen and oxygen atoms in total. The smallest absolute Gasteiger partial charge is 0.255 e. The number of hydrogen-bond donors (Lipinski definition) is 4. The van der Waals surface area contributed by atoms with Gasteiger partial charge in [-0.2, -0.15) is 0 Å². The van der Waals surface area contributed by atoms with Crippen molar-refractivity contribution in [3.8, 4) is 11.5 Å². The average molecular weight is 420 g/mol. The van der Waals surface area contributed by atoms with Crippen molar-refractivity contribution in [2.45, 2.75) is 32.2 Å². The van der Waals surface area contributed by atoms with Crippen molar-refractivity contribution in [2.75, 3.05) is 33.4 Å². The van der Waals surface area contributed by atoms with Gasteiger partial charge in [0.15, 0.2) is 0 Å². The average Bonchev–Trinajstić information content (AvgIpc) is 2.73. The van der Waals surface area contributed by atoms with E-state index in [2.05, 4.69) is 21.3 Å². The Morgan fingerprint density at radius 3 is 2.73 bits per heavy atom. The van der Waals surface area contributed by atoms with Crippen LogP contribution < -0.4 is 30.7 Å². The van der Waals surface area contributed by atoms with Crippen LogP contribution in [0, 0.1) is 0 Å². The van der Waals surface area contributed by atoms with Gasteiger partial charge < -0.3 is 30.7 Å². The van der Waals surface area contributed by atoms with Crippen LogP contribution in [0.5, 0.6) is 11.5 Å². The van der Waals surface area contributed by atoms with E-state index in [0.29, 0.717) is 42.9 Å². The second kappa shape index (κ2) is 11.6. The van der Waals surface area contributed by atoms with E-state index < -0.39 is 11.9 Å². The number of fused-ring (bicyclic) bond motifs is 1. The zero-order valence-corrected chi connectivity index (χ0v) is 17.2. The van der Waals surface area contributed by atoms with Crippen LogP contribution in [0.4, 0.5) is 0 Å². The minimum absolute atomic E-state index is 0.131. The predicted octanol–water partition coefficient (Wildman–Crippen LogP) is -0.275. The molecular weight excluding hydrogens is 392 g/mol. The molecule has 1 aliphatic rings. The lowest BCUT2D eigenvalue weighted by Gasteiger charge is -2.20. The topological polar surface area (TPSA) is 135 Å². The summed E-state index contributed by atoms with van der Waals surface area (Å²) in [6.07, 6.45) is 1.65. The molecule has 10 heteroatoms. The van der Waals surface area contributed by atoms with Gasteiger partial charge in [0.1, 0.15) is 24.1 Å². The Kier molecular flexibility index (Phi) is 8.92. The Labute approximate surface area is 175 Å². The molecule has 1 aromatic carbocycles. The zero-order valence-electron chi connectivity index (χ0n) is 17.2. The highest BCUT2D eigenvalue weighted by Gasteiger charge is 2.21. The standard InChI is InChI=1S/C20H28N4O6/c1-13(25)23-12-18(26)24-16-5-3-4-8-21-19(27)15-7-6-14(29-2)11-17(15)30-10-9-22-20(16)28/h6-7,11,16H,3-5,8-10,12H2,1-2H3,(H,21,27)(H,22,28)(H,23,25)(H,24,26)/t16-/m0/s1. The minimum Gasteiger partial charge on any atom is -0.497 e. The Morgan fingerprint density at radius 1 is 1.20 bits per heavy atom. The maximum absolute atomic E-state index is 12.5. The van der Waals surface area contributed by atoms with E-state index in [1.807, 2.05) is 0 Å². The molecule has 4 amide bonds. The van der Waals surface area contributed by atoms with Gasteiger partial charge in [-0.25, -0.2) is 0 Å². The van der Waals surface area contributed by atoms with E-state index in [1.54, 1.807) is 18.2 Å². The number of carbonyl (C=O) groups excluding carboxylic acids is 4. The highest BCUT2D eigenvalue weighted by molar-refractivity contribution is 5.97. The molecule has 0 fully saturated rings. The summed E-state index contributed by atoms with van der Waals surface area (Å²) in [5.41, 5.74) is 0.391. The molecule has 2 rings (SSSR count). The molecule has 0 saturated carbocycles. The third-order valence-corrected chi connectivity index (χ3v) is 4.45. The molecule has 1 aromatic rings. The quantitative estimate of drug-likeness (QED) is 0.529. The molecule has 0 aromatic heterocycles. The van der Waals surface area contributed by atoms with Crippen molar-refractivity contribution in [2.24, 2.45) is 0 Å². The normalized spacial score (nSPS) is 17.9. The van der Waals surface area contributed by atoms with Crippen molar-refractivity contribution in [3.63, 3.8) is 0 Å². The van der Waals surface area contributed by atoms with Gasteiger partial charge in [0.2, 0.25) is 17.7 Å². The maximum Gasteiger partial charge on any atom is 0.255 e. The second-order valence-electron chi connectivity index (χ2n) is 6.78. The summed E-state index contributed by atoms with van der Waals surface area (Å²) in [5, 5.41) is 10.6. The second-order valence-corrected chi connectivity index (χ2v) is 6.78. The number of benzene rings is 1. The molecule has 0 aliphatic carbocycles. The summed E-state index contributed by atoms with van der Waals surface area (Å²) in [4.78, 5) is 47.9. The fourth-order valence-corrected chi connectivity index (χ4v) is 2.88. The summed E-state index contributed by atoms with van der Waals surface area (Å²) in [5.74, 6) is -0.454. The fraction of sp³-hybridized carbons (Fsp3) is 0.500. The third kappa shape index (κ3) is 7.26. The van der Waals surface area contributed by atoms with Crippen LogP contribution in [0.1, 0.15) is 36.5 Å². The van der Waals surface area contributed by atoms with Crippen LogP contribution in [-0.4, -0.2) is 63.0 Å². The lowest BCUT2D eigenvalue weighted by molar-refractivity contribution is -0.129. The van der Waals surface area contributed by atoms with Crippen LogP contribution >= 0.6 is 0 Å². The van der Waals surface area contributed by atoms with Gasteiger partial charge in [-0.05, 0) is 31.4 Å². The van der Waals surface area contributed by atoms with E-state index in [1.165, 1.54) is 14.0 Å². The lowest BCUT2D eigenvalue weighted by Crippen LogP contribution is -2.50. The number of amides is 4. The summed E-state index contributed by atoms with van der Waals surface area (Å²) < 4.78 is 10.9. The van der Waals surface area contributed by atoms with Gasteiger partial charge in [0.05, 0.1) is 25.8 Å². The first-order valence-electron chi connectivity index (χ1n) is 9.81. The van der Waals surface area contributed by atoms with Gasteiger partial charge in [0.25, 0.3) is 5.91 Å². The molecule has 4 N–H and O–H groups in total. The summed E-state index contributed by atoms with van der Waals surface area (Å²) in [6.45, 7) is 1.85. The first-order chi connectivity index (χ1) is 14.4. The zero-order chi connectivity index (χ0) is 21.9. The number of ether oxygens (including phenoxy) is 2. The third-order valence-electron chi connectivity index (χ3n) is 4.45. The Bertz CT molecular complexity index is 783. The van der Waals surface area contributed by atoms with Gasteiger partial charge in [-0.1, -0.05) is 0 Å². The van der Waals surface area contributed by atoms with E-state index >= 15 is 0 Å². The molecule has 0 bridgehead atoms. The molecule has 0 unspecified atom stereocenters. The molecule has 30 heavy (non-hydrogen) atoms. The Balaban J connectivity index is 2.04. The van der Waals surface area contributed by atoms with Crippen LogP contribution in [0.25, 0.3) is 0 Å². The number of rotatable bonds is 4. The van der Waals surface area contributed by atoms with Crippen LogP contribution in [-0.2, 0) is 14.4 Å². The van der Waals surface area contributed by atoms with E-state index in [0.717, 1.165) is 0 Å². The lowest BCUT2D eigenvalue weighted by atomic mass is 10.1. The SMILES string of the molecule is COc1ccc2c(c1)OCCNC(=O)[C@@H](NC(=O)CNC(C)=O)CCCCNC2=O. The van der Waals surface area contributed by atoms with Gasteiger partial charge in [0, 0.05) is 19.5 Å². The van der Waals surface area contributed by atoms with E-state index in [-0.39, 0.29) is 37.4 Å². The summed E-state index contributed by atoms with van der Waals surface area (Å²) >= 11 is 0. The first kappa shape index (κ1) is 23.0. The van der Waals surface area contributed by atoms with Crippen molar-refractivity contribution < 1.29 is 28.7 Å². The Hall–Kier alpha value is -3.30. The largest absolute Gasteiger partial charge is 0.497 e. The van der Waals surface area contributed by atoms with Crippen molar-refractivity contribution in [1.82, 2.24) is 21.3 Å². The molecule has 164 valence electrons. The predicted molar refractivity (Wildman–Crippen MR) is 108 cm³/mol. The number of hydrogen-bond acceptors (Lipinski definition) is 6. The van der Waals surface area contributed by atoms with Crippen LogP contribution in [0.2, 0.25) is 0 Å². The monoisotopic (exact) mass is 420 g/mol. The molecule has 1 heterocycles. The van der Waals surface area contributed by atoms with Gasteiger partial charge in [-0.3, -0.25) is 19.2 Å². The molecule has 0 radical (unpaired) electrons. The van der Waals surface area contributed by atoms with Gasteiger partial charge in [-0.15, -0.1) is 0 Å². The summed E-state index contributed by atoms with van der Waals surface area (Å²) in [6, 6.07) is 4.20. The fourth-order valence-electron chi connectivity index (χ4n) is 2.88. The van der Waals surface area contributed by atoms with Crippen LogP contribution in [0.15, 0.2) is 18.2 Å². The highest BCUT2D eigenvalue weighted by Crippen LogP contribution is 2.25. The van der Waals surface area contributed by atoms with Crippen LogP contribution in [0.3, 0.4) is 0 Å². The number of nitrogens with one attached hydrogen (secondary N) is 4. The minimum atomic E-state index is -0.739.